The molecule has 4 nitrogen and oxygen atoms in total. The molecule has 1 fully saturated rings. The molecular weight excluding hydrogens is 313 g/mol. The Morgan fingerprint density at radius 1 is 0.960 bits per heavy atom. The fourth-order valence-corrected chi connectivity index (χ4v) is 4.25. The number of aliphatic hydroxyl groups excluding tert-OH is 1. The zero-order valence-corrected chi connectivity index (χ0v) is 13.9. The summed E-state index contributed by atoms with van der Waals surface area (Å²) in [5, 5.41) is 9.50. The van der Waals surface area contributed by atoms with Crippen LogP contribution in [-0.2, 0) is 10.3 Å². The highest BCUT2D eigenvalue weighted by Gasteiger charge is 2.50. The van der Waals surface area contributed by atoms with Crippen molar-refractivity contribution in [3.63, 3.8) is 0 Å². The monoisotopic (exact) mass is 331 g/mol. The smallest absolute Gasteiger partial charge is 0.216 e. The summed E-state index contributed by atoms with van der Waals surface area (Å²) in [5.41, 5.74) is 2.01. The maximum Gasteiger partial charge on any atom is 0.216 e. The minimum atomic E-state index is -0.781. The molecule has 1 aliphatic carbocycles. The van der Waals surface area contributed by atoms with Crippen LogP contribution in [0.2, 0.25) is 0 Å². The van der Waals surface area contributed by atoms with E-state index < -0.39 is 11.3 Å². The summed E-state index contributed by atoms with van der Waals surface area (Å²) in [6, 6.07) is 11.1. The number of aliphatic hydroxyl groups is 1. The summed E-state index contributed by atoms with van der Waals surface area (Å²) in [4.78, 5) is 25.8. The summed E-state index contributed by atoms with van der Waals surface area (Å²) in [7, 11) is 5.78. The average molecular weight is 331 g/mol. The van der Waals surface area contributed by atoms with Gasteiger partial charge in [-0.1, -0.05) is 49.0 Å². The van der Waals surface area contributed by atoms with E-state index in [0.717, 1.165) is 30.5 Å². The van der Waals surface area contributed by atoms with E-state index in [2.05, 4.69) is 0 Å². The Morgan fingerprint density at radius 2 is 1.60 bits per heavy atom. The number of aromatic nitrogens is 1. The second-order valence-corrected chi connectivity index (χ2v) is 6.85. The van der Waals surface area contributed by atoms with Gasteiger partial charge in [-0.05, 0) is 30.5 Å². The molecular formula is C20H18BNO3. The second kappa shape index (κ2) is 5.76. The van der Waals surface area contributed by atoms with Gasteiger partial charge in [0, 0.05) is 5.69 Å². The number of hydrogen-bond acceptors (Lipinski definition) is 3. The van der Waals surface area contributed by atoms with E-state index in [1.807, 2.05) is 34.9 Å². The maximum absolute atomic E-state index is 13.2. The summed E-state index contributed by atoms with van der Waals surface area (Å²) < 4.78 is 1.91. The van der Waals surface area contributed by atoms with Gasteiger partial charge in [-0.15, -0.1) is 0 Å². The fraction of sp³-hybridized carbons (Fsp3) is 0.300. The Hall–Kier alpha value is -2.56. The molecule has 2 aromatic rings. The van der Waals surface area contributed by atoms with E-state index in [1.54, 1.807) is 6.07 Å². The van der Waals surface area contributed by atoms with Crippen molar-refractivity contribution in [2.24, 2.45) is 0 Å². The molecule has 124 valence electrons. The molecule has 0 atom stereocenters. The number of hydrogen-bond donors (Lipinski definition) is 1. The van der Waals surface area contributed by atoms with E-state index in [0.29, 0.717) is 30.3 Å². The van der Waals surface area contributed by atoms with Crippen molar-refractivity contribution in [3.8, 4) is 11.3 Å². The van der Waals surface area contributed by atoms with Gasteiger partial charge in [0.15, 0.2) is 5.78 Å². The van der Waals surface area contributed by atoms with Crippen LogP contribution in [0.25, 0.3) is 11.3 Å². The van der Waals surface area contributed by atoms with E-state index in [4.69, 9.17) is 7.85 Å². The molecule has 1 aliphatic heterocycles. The highest BCUT2D eigenvalue weighted by Crippen LogP contribution is 2.45. The lowest BCUT2D eigenvalue weighted by atomic mass is 9.73. The number of fused-ring (bicyclic) bond motifs is 2. The number of Topliss-reactive ketones (excluding diaryl/α,β-unsaturated/α-hetero) is 2. The van der Waals surface area contributed by atoms with Gasteiger partial charge in [-0.2, -0.15) is 0 Å². The first kappa shape index (κ1) is 15.9. The molecule has 2 radical (unpaired) electrons. The van der Waals surface area contributed by atoms with Crippen LogP contribution in [-0.4, -0.2) is 29.1 Å². The third-order valence-corrected chi connectivity index (χ3v) is 5.47. The van der Waals surface area contributed by atoms with E-state index in [1.165, 1.54) is 0 Å². The molecule has 1 saturated carbocycles. The molecule has 0 unspecified atom stereocenters. The third kappa shape index (κ3) is 2.22. The van der Waals surface area contributed by atoms with Crippen molar-refractivity contribution in [3.05, 3.63) is 53.9 Å². The number of benzene rings is 1. The molecule has 2 aliphatic rings. The molecule has 1 aromatic heterocycles. The van der Waals surface area contributed by atoms with Gasteiger partial charge in [0.1, 0.15) is 19.0 Å². The van der Waals surface area contributed by atoms with Crippen LogP contribution in [0.5, 0.6) is 0 Å². The summed E-state index contributed by atoms with van der Waals surface area (Å²) in [6.07, 6.45) is 4.98. The predicted molar refractivity (Wildman–Crippen MR) is 96.4 cm³/mol. The number of allylic oxidation sites excluding steroid dienone is 1. The van der Waals surface area contributed by atoms with Gasteiger partial charge >= 0.3 is 0 Å². The highest BCUT2D eigenvalue weighted by molar-refractivity contribution is 6.32. The van der Waals surface area contributed by atoms with Crippen molar-refractivity contribution in [1.82, 2.24) is 4.57 Å². The molecule has 0 saturated heterocycles. The fourth-order valence-electron chi connectivity index (χ4n) is 4.25. The zero-order chi connectivity index (χ0) is 17.6. The minimum absolute atomic E-state index is 0.101. The van der Waals surface area contributed by atoms with Crippen molar-refractivity contribution in [1.29, 1.82) is 0 Å². The summed E-state index contributed by atoms with van der Waals surface area (Å²) in [5.74, 6) is -0.675. The number of carbonyl (C=O) groups excluding carboxylic acids is 2. The number of nitrogens with zero attached hydrogens (tertiary/aromatic N) is 1. The van der Waals surface area contributed by atoms with E-state index in [-0.39, 0.29) is 11.4 Å². The molecule has 2 heterocycles. The van der Waals surface area contributed by atoms with Crippen molar-refractivity contribution in [2.75, 3.05) is 0 Å². The molecule has 1 spiro atoms. The molecule has 4 rings (SSSR count). The van der Waals surface area contributed by atoms with Crippen molar-refractivity contribution >= 4 is 24.9 Å². The normalized spacial score (nSPS) is 20.9. The quantitative estimate of drug-likeness (QED) is 0.378. The maximum atomic E-state index is 13.2. The standard InChI is InChI=1S/C20H18BNO3/c21-14-6-4-13(5-7-14)16-8-9-17-18(24)15(12-23)19(25)20(22(16)17)10-2-1-3-11-20/h4-9,12,23H,1-3,10-11H2. The van der Waals surface area contributed by atoms with Gasteiger partial charge in [0.2, 0.25) is 5.78 Å². The first-order valence-electron chi connectivity index (χ1n) is 8.60. The van der Waals surface area contributed by atoms with Crippen LogP contribution < -0.4 is 5.46 Å². The minimum Gasteiger partial charge on any atom is -0.515 e. The van der Waals surface area contributed by atoms with Crippen LogP contribution in [0.3, 0.4) is 0 Å². The Kier molecular flexibility index (Phi) is 3.67. The molecule has 0 amide bonds. The van der Waals surface area contributed by atoms with Gasteiger partial charge in [0.05, 0.1) is 12.0 Å². The van der Waals surface area contributed by atoms with Crippen molar-refractivity contribution in [2.45, 2.75) is 37.6 Å². The Balaban J connectivity index is 1.98. The summed E-state index contributed by atoms with van der Waals surface area (Å²) >= 11 is 0. The van der Waals surface area contributed by atoms with Gasteiger partial charge < -0.3 is 9.67 Å². The first-order valence-corrected chi connectivity index (χ1v) is 8.60. The topological polar surface area (TPSA) is 59.3 Å². The van der Waals surface area contributed by atoms with Gasteiger partial charge in [-0.25, -0.2) is 0 Å². The molecule has 1 aromatic carbocycles. The average Bonchev–Trinajstić information content (AvgIpc) is 3.08. The largest absolute Gasteiger partial charge is 0.515 e. The van der Waals surface area contributed by atoms with Gasteiger partial charge in [0.25, 0.3) is 0 Å². The van der Waals surface area contributed by atoms with Gasteiger partial charge in [-0.3, -0.25) is 9.59 Å². The van der Waals surface area contributed by atoms with Crippen LogP contribution in [0.15, 0.2) is 48.2 Å². The lowest BCUT2D eigenvalue weighted by Crippen LogP contribution is -2.50. The van der Waals surface area contributed by atoms with Crippen LogP contribution in [0.1, 0.15) is 42.6 Å². The number of rotatable bonds is 1. The Labute approximate surface area is 147 Å². The van der Waals surface area contributed by atoms with Crippen LogP contribution in [0.4, 0.5) is 0 Å². The second-order valence-electron chi connectivity index (χ2n) is 6.85. The summed E-state index contributed by atoms with van der Waals surface area (Å²) in [6.45, 7) is 0. The zero-order valence-electron chi connectivity index (χ0n) is 13.9. The van der Waals surface area contributed by atoms with E-state index in [9.17, 15) is 14.7 Å². The SMILES string of the molecule is [B]c1ccc(-c2ccc3n2C2(CCCCC2)C(=O)C(=CO)C3=O)cc1. The lowest BCUT2D eigenvalue weighted by molar-refractivity contribution is -0.125. The van der Waals surface area contributed by atoms with Crippen molar-refractivity contribution < 1.29 is 14.7 Å². The Bertz CT molecular complexity index is 886. The number of ketones is 2. The molecule has 0 bridgehead atoms. The Morgan fingerprint density at radius 3 is 2.24 bits per heavy atom. The molecule has 25 heavy (non-hydrogen) atoms. The first-order chi connectivity index (χ1) is 12.1. The van der Waals surface area contributed by atoms with Crippen LogP contribution >= 0.6 is 0 Å². The molecule has 1 N–H and O–H groups in total. The lowest BCUT2D eigenvalue weighted by Gasteiger charge is -2.42. The third-order valence-electron chi connectivity index (χ3n) is 5.47. The van der Waals surface area contributed by atoms with E-state index >= 15 is 0 Å². The highest BCUT2D eigenvalue weighted by atomic mass is 16.2. The molecule has 5 heteroatoms. The number of carbonyl (C=O) groups is 2. The predicted octanol–water partition coefficient (Wildman–Crippen LogP) is 2.82. The van der Waals surface area contributed by atoms with Crippen LogP contribution in [0, 0.1) is 0 Å².